The van der Waals surface area contributed by atoms with Crippen molar-refractivity contribution in [1.82, 2.24) is 14.8 Å². The van der Waals surface area contributed by atoms with Crippen molar-refractivity contribution in [2.45, 2.75) is 31.7 Å². The summed E-state index contributed by atoms with van der Waals surface area (Å²) in [6.07, 6.45) is 5.95. The maximum Gasteiger partial charge on any atom is 0.295 e. The van der Waals surface area contributed by atoms with E-state index in [0.29, 0.717) is 24.3 Å². The highest BCUT2D eigenvalue weighted by atomic mass is 16.3. The van der Waals surface area contributed by atoms with Crippen molar-refractivity contribution in [2.24, 2.45) is 0 Å². The zero-order valence-corrected chi connectivity index (χ0v) is 17.5. The van der Waals surface area contributed by atoms with Gasteiger partial charge < -0.3 is 14.9 Å². The minimum absolute atomic E-state index is 0.119. The third kappa shape index (κ3) is 3.75. The molecule has 30 heavy (non-hydrogen) atoms. The van der Waals surface area contributed by atoms with E-state index in [4.69, 9.17) is 0 Å². The Labute approximate surface area is 176 Å². The Morgan fingerprint density at radius 2 is 1.90 bits per heavy atom. The van der Waals surface area contributed by atoms with Gasteiger partial charge in [0, 0.05) is 24.8 Å². The van der Waals surface area contributed by atoms with Crippen molar-refractivity contribution in [1.29, 1.82) is 0 Å². The normalized spacial score (nSPS) is 20.6. The number of nitrogens with zero attached hydrogens (tertiary/aromatic N) is 3. The lowest BCUT2D eigenvalue weighted by molar-refractivity contribution is -0.140. The first kappa shape index (κ1) is 20.3. The average molecular weight is 405 g/mol. The van der Waals surface area contributed by atoms with Crippen LogP contribution in [-0.4, -0.2) is 58.8 Å². The second kappa shape index (κ2) is 8.40. The Morgan fingerprint density at radius 1 is 1.13 bits per heavy atom. The number of likely N-dealkylation sites (N-methyl/N-ethyl adjacent to an activating group) is 1. The number of aliphatic hydroxyl groups is 1. The highest BCUT2D eigenvalue weighted by Crippen LogP contribution is 2.38. The van der Waals surface area contributed by atoms with Gasteiger partial charge in [0.05, 0.1) is 11.3 Å². The van der Waals surface area contributed by atoms with Crippen molar-refractivity contribution < 1.29 is 14.7 Å². The van der Waals surface area contributed by atoms with E-state index in [9.17, 15) is 14.7 Å². The zero-order chi connectivity index (χ0) is 21.3. The van der Waals surface area contributed by atoms with Crippen LogP contribution < -0.4 is 0 Å². The van der Waals surface area contributed by atoms with Crippen LogP contribution >= 0.6 is 0 Å². The lowest BCUT2D eigenvalue weighted by atomic mass is 9.89. The van der Waals surface area contributed by atoms with Crippen molar-refractivity contribution in [3.63, 3.8) is 0 Å². The summed E-state index contributed by atoms with van der Waals surface area (Å²) in [5, 5.41) is 11.2. The predicted octanol–water partition coefficient (Wildman–Crippen LogP) is 2.94. The van der Waals surface area contributed by atoms with E-state index in [1.165, 1.54) is 22.4 Å². The standard InChI is InChI=1S/C24H27N3O3/c1-26(2)13-14-27-21(19-9-5-6-12-25-19)20(23(29)24(27)30)22(28)18-11-10-16-7-3-4-8-17(16)15-18/h5-6,9-12,15,21,28H,3-4,7-8,13-14H2,1-2H3/b22-20-. The molecule has 0 radical (unpaired) electrons. The first-order chi connectivity index (χ1) is 14.5. The van der Waals surface area contributed by atoms with E-state index in [1.807, 2.05) is 43.3 Å². The van der Waals surface area contributed by atoms with Crippen LogP contribution in [0.3, 0.4) is 0 Å². The average Bonchev–Trinajstić information content (AvgIpc) is 3.02. The number of likely N-dealkylation sites (tertiary alicyclic amines) is 1. The maximum absolute atomic E-state index is 13.0. The molecule has 1 atom stereocenters. The van der Waals surface area contributed by atoms with Crippen LogP contribution in [0.5, 0.6) is 0 Å². The number of Topliss-reactive ketones (excluding diaryl/α,β-unsaturated/α-hetero) is 1. The number of carbonyl (C=O) groups is 2. The van der Waals surface area contributed by atoms with Gasteiger partial charge in [0.1, 0.15) is 11.8 Å². The molecule has 0 saturated carbocycles. The van der Waals surface area contributed by atoms with Gasteiger partial charge in [0.15, 0.2) is 0 Å². The smallest absolute Gasteiger partial charge is 0.295 e. The monoisotopic (exact) mass is 405 g/mol. The molecule has 1 aliphatic heterocycles. The summed E-state index contributed by atoms with van der Waals surface area (Å²) in [5.74, 6) is -1.36. The fourth-order valence-corrected chi connectivity index (χ4v) is 4.30. The van der Waals surface area contributed by atoms with Crippen molar-refractivity contribution in [3.05, 3.63) is 70.6 Å². The van der Waals surface area contributed by atoms with Crippen molar-refractivity contribution in [2.75, 3.05) is 27.2 Å². The van der Waals surface area contributed by atoms with E-state index in [-0.39, 0.29) is 11.3 Å². The number of fused-ring (bicyclic) bond motifs is 1. The number of aliphatic hydroxyl groups excluding tert-OH is 1. The number of hydrogen-bond acceptors (Lipinski definition) is 5. The fourth-order valence-electron chi connectivity index (χ4n) is 4.30. The topological polar surface area (TPSA) is 73.7 Å². The minimum atomic E-state index is -0.692. The SMILES string of the molecule is CN(C)CCN1C(=O)C(=O)/C(=C(\O)c2ccc3c(c2)CCCC3)C1c1ccccn1. The number of carbonyl (C=O) groups excluding carboxylic acids is 2. The summed E-state index contributed by atoms with van der Waals surface area (Å²) in [6, 6.07) is 10.6. The van der Waals surface area contributed by atoms with E-state index < -0.39 is 17.7 Å². The molecule has 156 valence electrons. The van der Waals surface area contributed by atoms with Crippen molar-refractivity contribution in [3.8, 4) is 0 Å². The molecule has 2 aliphatic rings. The molecule has 1 aliphatic carbocycles. The van der Waals surface area contributed by atoms with E-state index in [0.717, 1.165) is 19.3 Å². The Morgan fingerprint density at radius 3 is 2.60 bits per heavy atom. The molecular formula is C24H27N3O3. The first-order valence-electron chi connectivity index (χ1n) is 10.4. The zero-order valence-electron chi connectivity index (χ0n) is 17.5. The van der Waals surface area contributed by atoms with Crippen molar-refractivity contribution >= 4 is 17.4 Å². The van der Waals surface area contributed by atoms with Gasteiger partial charge in [0.2, 0.25) is 0 Å². The second-order valence-electron chi connectivity index (χ2n) is 8.24. The lowest BCUT2D eigenvalue weighted by Crippen LogP contribution is -2.35. The molecule has 2 aromatic rings. The third-order valence-corrected chi connectivity index (χ3v) is 5.92. The summed E-state index contributed by atoms with van der Waals surface area (Å²) >= 11 is 0. The second-order valence-corrected chi connectivity index (χ2v) is 8.24. The van der Waals surface area contributed by atoms with Gasteiger partial charge in [-0.15, -0.1) is 0 Å². The van der Waals surface area contributed by atoms with E-state index in [1.54, 1.807) is 18.3 Å². The molecule has 1 aromatic carbocycles. The van der Waals surface area contributed by atoms with Crippen LogP contribution in [-0.2, 0) is 22.4 Å². The summed E-state index contributed by atoms with van der Waals surface area (Å²) < 4.78 is 0. The molecule has 6 heteroatoms. The largest absolute Gasteiger partial charge is 0.507 e. The highest BCUT2D eigenvalue weighted by Gasteiger charge is 2.46. The van der Waals surface area contributed by atoms with Gasteiger partial charge in [-0.05, 0) is 69.1 Å². The van der Waals surface area contributed by atoms with Gasteiger partial charge in [0.25, 0.3) is 11.7 Å². The molecular weight excluding hydrogens is 378 g/mol. The number of aryl methyl sites for hydroxylation is 2. The van der Waals surface area contributed by atoms with Gasteiger partial charge in [-0.1, -0.05) is 18.2 Å². The number of hydrogen-bond donors (Lipinski definition) is 1. The highest BCUT2D eigenvalue weighted by molar-refractivity contribution is 6.46. The number of aromatic nitrogens is 1. The quantitative estimate of drug-likeness (QED) is 0.470. The number of benzene rings is 1. The van der Waals surface area contributed by atoms with E-state index in [2.05, 4.69) is 4.98 Å². The number of amides is 1. The molecule has 1 saturated heterocycles. The summed E-state index contributed by atoms with van der Waals surface area (Å²) in [6.45, 7) is 0.981. The third-order valence-electron chi connectivity index (χ3n) is 5.92. The summed E-state index contributed by atoms with van der Waals surface area (Å²) in [7, 11) is 3.83. The van der Waals surface area contributed by atoms with Crippen LogP contribution in [0.15, 0.2) is 48.2 Å². The summed E-state index contributed by atoms with van der Waals surface area (Å²) in [5.41, 5.74) is 3.79. The van der Waals surface area contributed by atoms with Crippen LogP contribution in [0.1, 0.15) is 41.3 Å². The lowest BCUT2D eigenvalue weighted by Gasteiger charge is -2.25. The number of pyridine rings is 1. The molecule has 1 unspecified atom stereocenters. The molecule has 4 rings (SSSR count). The molecule has 0 bridgehead atoms. The summed E-state index contributed by atoms with van der Waals surface area (Å²) in [4.78, 5) is 33.7. The van der Waals surface area contributed by atoms with Crippen LogP contribution in [0, 0.1) is 0 Å². The van der Waals surface area contributed by atoms with Crippen LogP contribution in [0.25, 0.3) is 5.76 Å². The van der Waals surface area contributed by atoms with Gasteiger partial charge >= 0.3 is 0 Å². The Bertz CT molecular complexity index is 998. The molecule has 1 aromatic heterocycles. The van der Waals surface area contributed by atoms with Crippen LogP contribution in [0.2, 0.25) is 0 Å². The Balaban J connectivity index is 1.81. The number of ketones is 1. The molecule has 1 N–H and O–H groups in total. The van der Waals surface area contributed by atoms with Gasteiger partial charge in [-0.25, -0.2) is 0 Å². The van der Waals surface area contributed by atoms with Gasteiger partial charge in [-0.3, -0.25) is 14.6 Å². The molecule has 0 spiro atoms. The molecule has 1 amide bonds. The predicted molar refractivity (Wildman–Crippen MR) is 115 cm³/mol. The Kier molecular flexibility index (Phi) is 5.68. The first-order valence-corrected chi connectivity index (χ1v) is 10.4. The molecule has 1 fully saturated rings. The number of rotatable bonds is 5. The van der Waals surface area contributed by atoms with Gasteiger partial charge in [-0.2, -0.15) is 0 Å². The molecule has 6 nitrogen and oxygen atoms in total. The van der Waals surface area contributed by atoms with Crippen LogP contribution in [0.4, 0.5) is 0 Å². The minimum Gasteiger partial charge on any atom is -0.507 e. The Hall–Kier alpha value is -2.99. The molecule has 2 heterocycles. The fraction of sp³-hybridized carbons (Fsp3) is 0.375. The maximum atomic E-state index is 13.0. The van der Waals surface area contributed by atoms with E-state index >= 15 is 0 Å².